The third kappa shape index (κ3) is 3.46. The van der Waals surface area contributed by atoms with Crippen LogP contribution in [-0.2, 0) is 18.2 Å². The normalized spacial score (nSPS) is 12.7. The quantitative estimate of drug-likeness (QED) is 0.850. The number of aromatic amines is 1. The van der Waals surface area contributed by atoms with E-state index in [1.54, 1.807) is 16.9 Å². The van der Waals surface area contributed by atoms with Crippen LogP contribution in [0.5, 0.6) is 0 Å². The number of H-pyrrole nitrogens is 1. The summed E-state index contributed by atoms with van der Waals surface area (Å²) in [7, 11) is 1.82. The molecule has 0 aliphatic heterocycles. The van der Waals surface area contributed by atoms with Gasteiger partial charge in [0.2, 0.25) is 0 Å². The smallest absolute Gasteiger partial charge is 0.359 e. The average molecular weight is 276 g/mol. The Morgan fingerprint density at radius 3 is 2.80 bits per heavy atom. The molecule has 6 nitrogen and oxygen atoms in total. The Morgan fingerprint density at radius 1 is 1.45 bits per heavy atom. The van der Waals surface area contributed by atoms with E-state index >= 15 is 0 Å². The SMILES string of the molecule is CC(C)Cc1cc(C(=O)OC(C)c2cnn(C)c2)n[nH]1. The fraction of sp³-hybridized carbons (Fsp3) is 0.500. The van der Waals surface area contributed by atoms with Crippen molar-refractivity contribution in [1.82, 2.24) is 20.0 Å². The Morgan fingerprint density at radius 2 is 2.20 bits per heavy atom. The van der Waals surface area contributed by atoms with Gasteiger partial charge < -0.3 is 4.74 Å². The molecule has 1 unspecified atom stereocenters. The first-order valence-corrected chi connectivity index (χ1v) is 6.69. The molecule has 0 aliphatic carbocycles. The van der Waals surface area contributed by atoms with Gasteiger partial charge >= 0.3 is 5.97 Å². The van der Waals surface area contributed by atoms with E-state index in [1.165, 1.54) is 0 Å². The number of aryl methyl sites for hydroxylation is 1. The van der Waals surface area contributed by atoms with Crippen molar-refractivity contribution >= 4 is 5.97 Å². The van der Waals surface area contributed by atoms with Crippen LogP contribution in [0.25, 0.3) is 0 Å². The fourth-order valence-corrected chi connectivity index (χ4v) is 1.95. The van der Waals surface area contributed by atoms with Gasteiger partial charge in [-0.2, -0.15) is 10.2 Å². The molecule has 0 fully saturated rings. The van der Waals surface area contributed by atoms with Crippen LogP contribution in [-0.4, -0.2) is 25.9 Å². The molecular formula is C14H20N4O2. The van der Waals surface area contributed by atoms with Crippen molar-refractivity contribution in [1.29, 1.82) is 0 Å². The van der Waals surface area contributed by atoms with Crippen LogP contribution in [0.3, 0.4) is 0 Å². The van der Waals surface area contributed by atoms with Crippen molar-refractivity contribution in [3.63, 3.8) is 0 Å². The molecule has 0 saturated heterocycles. The first-order valence-electron chi connectivity index (χ1n) is 6.69. The summed E-state index contributed by atoms with van der Waals surface area (Å²) in [5.74, 6) is 0.0845. The summed E-state index contributed by atoms with van der Waals surface area (Å²) in [4.78, 5) is 12.0. The van der Waals surface area contributed by atoms with Crippen LogP contribution in [0, 0.1) is 5.92 Å². The zero-order chi connectivity index (χ0) is 14.7. The number of carbonyl (C=O) groups excluding carboxylic acids is 1. The van der Waals surface area contributed by atoms with Gasteiger partial charge in [-0.25, -0.2) is 4.79 Å². The molecule has 1 N–H and O–H groups in total. The third-order valence-electron chi connectivity index (χ3n) is 2.95. The van der Waals surface area contributed by atoms with Gasteiger partial charge in [0.05, 0.1) is 6.20 Å². The zero-order valence-electron chi connectivity index (χ0n) is 12.3. The van der Waals surface area contributed by atoms with Gasteiger partial charge in [-0.05, 0) is 25.3 Å². The lowest BCUT2D eigenvalue weighted by Crippen LogP contribution is -2.09. The molecule has 1 atom stereocenters. The number of esters is 1. The first kappa shape index (κ1) is 14.3. The summed E-state index contributed by atoms with van der Waals surface area (Å²) in [5, 5.41) is 10.9. The number of nitrogens with one attached hydrogen (secondary N) is 1. The second-order valence-corrected chi connectivity index (χ2v) is 5.37. The van der Waals surface area contributed by atoms with Gasteiger partial charge in [0.15, 0.2) is 5.69 Å². The highest BCUT2D eigenvalue weighted by molar-refractivity contribution is 5.87. The van der Waals surface area contributed by atoms with Gasteiger partial charge in [-0.15, -0.1) is 0 Å². The third-order valence-corrected chi connectivity index (χ3v) is 2.95. The lowest BCUT2D eigenvalue weighted by molar-refractivity contribution is 0.0330. The maximum absolute atomic E-state index is 12.0. The lowest BCUT2D eigenvalue weighted by atomic mass is 10.1. The molecule has 2 aromatic rings. The predicted octanol–water partition coefficient (Wildman–Crippen LogP) is 2.26. The minimum Gasteiger partial charge on any atom is -0.453 e. The minimum atomic E-state index is -0.424. The van der Waals surface area contributed by atoms with Crippen LogP contribution in [0.15, 0.2) is 18.5 Å². The van der Waals surface area contributed by atoms with Crippen LogP contribution in [0.4, 0.5) is 0 Å². The van der Waals surface area contributed by atoms with Gasteiger partial charge in [0.25, 0.3) is 0 Å². The summed E-state index contributed by atoms with van der Waals surface area (Å²) in [6, 6.07) is 1.75. The average Bonchev–Trinajstić information content (AvgIpc) is 2.97. The van der Waals surface area contributed by atoms with Crippen LogP contribution in [0.2, 0.25) is 0 Å². The summed E-state index contributed by atoms with van der Waals surface area (Å²) in [6.07, 6.45) is 4.03. The van der Waals surface area contributed by atoms with E-state index in [4.69, 9.17) is 4.74 Å². The van der Waals surface area contributed by atoms with E-state index in [2.05, 4.69) is 29.1 Å². The highest BCUT2D eigenvalue weighted by atomic mass is 16.5. The number of hydrogen-bond acceptors (Lipinski definition) is 4. The Bertz CT molecular complexity index is 586. The fourth-order valence-electron chi connectivity index (χ4n) is 1.95. The molecule has 108 valence electrons. The van der Waals surface area contributed by atoms with E-state index in [0.717, 1.165) is 17.7 Å². The number of carbonyl (C=O) groups is 1. The molecule has 6 heteroatoms. The molecule has 2 heterocycles. The Labute approximate surface area is 118 Å². The lowest BCUT2D eigenvalue weighted by Gasteiger charge is -2.09. The van der Waals surface area contributed by atoms with Crippen molar-refractivity contribution in [3.05, 3.63) is 35.4 Å². The number of nitrogens with zero attached hydrogens (tertiary/aromatic N) is 3. The maximum Gasteiger partial charge on any atom is 0.359 e. The Kier molecular flexibility index (Phi) is 4.22. The maximum atomic E-state index is 12.0. The van der Waals surface area contributed by atoms with Crippen molar-refractivity contribution in [2.24, 2.45) is 13.0 Å². The van der Waals surface area contributed by atoms with Gasteiger partial charge in [0.1, 0.15) is 6.10 Å². The summed E-state index contributed by atoms with van der Waals surface area (Å²) in [5.41, 5.74) is 2.12. The first-order chi connectivity index (χ1) is 9.45. The second kappa shape index (κ2) is 5.90. The summed E-state index contributed by atoms with van der Waals surface area (Å²) >= 11 is 0. The molecule has 0 saturated carbocycles. The number of aromatic nitrogens is 4. The molecule has 0 bridgehead atoms. The molecule has 0 amide bonds. The molecule has 0 radical (unpaired) electrons. The molecule has 0 aliphatic rings. The summed E-state index contributed by atoms with van der Waals surface area (Å²) < 4.78 is 7.05. The van der Waals surface area contributed by atoms with Crippen molar-refractivity contribution < 1.29 is 9.53 Å². The topological polar surface area (TPSA) is 72.8 Å². The molecule has 2 aromatic heterocycles. The highest BCUT2D eigenvalue weighted by Crippen LogP contribution is 2.17. The molecular weight excluding hydrogens is 256 g/mol. The van der Waals surface area contributed by atoms with E-state index < -0.39 is 5.97 Å². The monoisotopic (exact) mass is 276 g/mol. The van der Waals surface area contributed by atoms with E-state index in [1.807, 2.05) is 20.2 Å². The van der Waals surface area contributed by atoms with Gasteiger partial charge in [0, 0.05) is 24.5 Å². The van der Waals surface area contributed by atoms with E-state index in [-0.39, 0.29) is 6.10 Å². The Balaban J connectivity index is 1.99. The minimum absolute atomic E-state index is 0.316. The highest BCUT2D eigenvalue weighted by Gasteiger charge is 2.17. The van der Waals surface area contributed by atoms with Crippen molar-refractivity contribution in [2.75, 3.05) is 0 Å². The van der Waals surface area contributed by atoms with Crippen LogP contribution < -0.4 is 0 Å². The number of hydrogen-bond donors (Lipinski definition) is 1. The number of rotatable bonds is 5. The van der Waals surface area contributed by atoms with Gasteiger partial charge in [-0.3, -0.25) is 9.78 Å². The summed E-state index contributed by atoms with van der Waals surface area (Å²) in [6.45, 7) is 6.04. The van der Waals surface area contributed by atoms with Crippen molar-refractivity contribution in [2.45, 2.75) is 33.3 Å². The molecule has 2 rings (SSSR count). The zero-order valence-corrected chi connectivity index (χ0v) is 12.3. The number of ether oxygens (including phenoxy) is 1. The van der Waals surface area contributed by atoms with E-state index in [9.17, 15) is 4.79 Å². The van der Waals surface area contributed by atoms with Crippen molar-refractivity contribution in [3.8, 4) is 0 Å². The standard InChI is InChI=1S/C14H20N4O2/c1-9(2)5-12-6-13(17-16-12)14(19)20-10(3)11-7-15-18(4)8-11/h6-10H,5H2,1-4H3,(H,16,17). The van der Waals surface area contributed by atoms with Gasteiger partial charge in [-0.1, -0.05) is 13.8 Å². The van der Waals surface area contributed by atoms with Crippen LogP contribution in [0.1, 0.15) is 48.6 Å². The van der Waals surface area contributed by atoms with Crippen LogP contribution >= 0.6 is 0 Å². The largest absolute Gasteiger partial charge is 0.453 e. The molecule has 0 spiro atoms. The van der Waals surface area contributed by atoms with E-state index in [0.29, 0.717) is 11.6 Å². The molecule has 0 aromatic carbocycles. The predicted molar refractivity (Wildman–Crippen MR) is 74.2 cm³/mol. The Hall–Kier alpha value is -2.11. The molecule has 20 heavy (non-hydrogen) atoms. The second-order valence-electron chi connectivity index (χ2n) is 5.37.